The number of carboxylic acid groups (broad SMARTS) is 1. The van der Waals surface area contributed by atoms with Gasteiger partial charge in [-0.2, -0.15) is 13.2 Å². The molecule has 1 atom stereocenters. The van der Waals surface area contributed by atoms with Gasteiger partial charge in [0.25, 0.3) is 0 Å². The lowest BCUT2D eigenvalue weighted by Crippen LogP contribution is -2.59. The molecule has 0 saturated carbocycles. The molecule has 0 bridgehead atoms. The number of piperazine rings is 1. The highest BCUT2D eigenvalue weighted by molar-refractivity contribution is 5.98. The van der Waals surface area contributed by atoms with Crippen LogP contribution in [0.5, 0.6) is 0 Å². The van der Waals surface area contributed by atoms with E-state index in [1.807, 2.05) is 69.3 Å². The number of pyridine rings is 2. The number of aliphatic hydroxyl groups excluding tert-OH is 1. The van der Waals surface area contributed by atoms with Crippen LogP contribution in [0.3, 0.4) is 0 Å². The summed E-state index contributed by atoms with van der Waals surface area (Å²) in [5, 5.41) is 24.7. The number of rotatable bonds is 5. The highest BCUT2D eigenvalue weighted by atomic mass is 19.4. The number of alkyl halides is 3. The van der Waals surface area contributed by atoms with Crippen LogP contribution in [0.4, 0.5) is 35.0 Å². The summed E-state index contributed by atoms with van der Waals surface area (Å²) in [6.45, 7) is 5.62. The summed E-state index contributed by atoms with van der Waals surface area (Å²) in [5.74, 6) is 0. The number of hydrogen-bond donors (Lipinski definition) is 3. The minimum atomic E-state index is -4.68. The van der Waals surface area contributed by atoms with Crippen molar-refractivity contribution < 1.29 is 28.2 Å². The Morgan fingerprint density at radius 1 is 0.935 bits per heavy atom. The van der Waals surface area contributed by atoms with E-state index in [2.05, 4.69) is 15.3 Å². The topological polar surface area (TPSA) is 102 Å². The first-order valence-corrected chi connectivity index (χ1v) is 14.9. The lowest BCUT2D eigenvalue weighted by Gasteiger charge is -2.47. The van der Waals surface area contributed by atoms with E-state index in [0.717, 1.165) is 28.1 Å². The summed E-state index contributed by atoms with van der Waals surface area (Å²) in [6.07, 6.45) is -2.48. The van der Waals surface area contributed by atoms with Crippen molar-refractivity contribution >= 4 is 45.0 Å². The smallest absolute Gasteiger partial charge is 0.418 e. The third-order valence-corrected chi connectivity index (χ3v) is 8.58. The number of anilines is 3. The molecule has 8 nitrogen and oxygen atoms in total. The molecule has 3 heterocycles. The van der Waals surface area contributed by atoms with E-state index < -0.39 is 29.3 Å². The van der Waals surface area contributed by atoms with Gasteiger partial charge in [0.1, 0.15) is 0 Å². The van der Waals surface area contributed by atoms with E-state index in [0.29, 0.717) is 22.2 Å². The molecule has 1 saturated heterocycles. The molecule has 0 aliphatic carbocycles. The van der Waals surface area contributed by atoms with Gasteiger partial charge in [-0.25, -0.2) is 4.79 Å². The van der Waals surface area contributed by atoms with Crippen LogP contribution < -0.4 is 10.2 Å². The van der Waals surface area contributed by atoms with Gasteiger partial charge in [0.15, 0.2) is 0 Å². The molecule has 5 aromatic rings. The standard InChI is InChI=1S/C35H34F3N5O3/c1-34(2,3)31-19-42(12-13-43(31)33(45)46)30-11-9-25(16-27(30)35(36,37)38)41-32-24(20-44)18-40-29-10-8-21(15-26(29)32)23-14-22-6-4-5-7-28(22)39-17-23/h4-11,14-18,31,44H,12-13,19-20H2,1-3H3,(H,40,41)(H,45,46). The van der Waals surface area contributed by atoms with Crippen LogP contribution in [0.15, 0.2) is 79.1 Å². The van der Waals surface area contributed by atoms with Crippen LogP contribution in [0.2, 0.25) is 0 Å². The van der Waals surface area contributed by atoms with Gasteiger partial charge in [-0.05, 0) is 53.4 Å². The summed E-state index contributed by atoms with van der Waals surface area (Å²) in [5.41, 5.74) is 2.91. The Morgan fingerprint density at radius 2 is 1.70 bits per heavy atom. The molecule has 1 fully saturated rings. The number of amides is 1. The molecule has 238 valence electrons. The highest BCUT2D eigenvalue weighted by Crippen LogP contribution is 2.41. The second-order valence-corrected chi connectivity index (χ2v) is 12.6. The average Bonchev–Trinajstić information content (AvgIpc) is 3.03. The molecule has 2 aromatic heterocycles. The lowest BCUT2D eigenvalue weighted by molar-refractivity contribution is -0.137. The van der Waals surface area contributed by atoms with Crippen molar-refractivity contribution in [3.05, 3.63) is 90.3 Å². The summed E-state index contributed by atoms with van der Waals surface area (Å²) >= 11 is 0. The van der Waals surface area contributed by atoms with Crippen molar-refractivity contribution in [3.8, 4) is 11.1 Å². The first-order valence-electron chi connectivity index (χ1n) is 14.9. The highest BCUT2D eigenvalue weighted by Gasteiger charge is 2.41. The van der Waals surface area contributed by atoms with E-state index in [4.69, 9.17) is 0 Å². The molecule has 0 spiro atoms. The molecule has 6 rings (SSSR count). The zero-order valence-electron chi connectivity index (χ0n) is 25.6. The van der Waals surface area contributed by atoms with Crippen molar-refractivity contribution in [1.82, 2.24) is 14.9 Å². The molecular weight excluding hydrogens is 595 g/mol. The summed E-state index contributed by atoms with van der Waals surface area (Å²) in [7, 11) is 0. The first-order chi connectivity index (χ1) is 21.8. The number of halogens is 3. The monoisotopic (exact) mass is 629 g/mol. The predicted molar refractivity (Wildman–Crippen MR) is 173 cm³/mol. The molecule has 1 unspecified atom stereocenters. The fourth-order valence-corrected chi connectivity index (χ4v) is 6.14. The summed E-state index contributed by atoms with van der Waals surface area (Å²) in [6, 6.07) is 19.0. The van der Waals surface area contributed by atoms with Gasteiger partial charge in [-0.15, -0.1) is 0 Å². The van der Waals surface area contributed by atoms with Crippen molar-refractivity contribution in [2.75, 3.05) is 29.9 Å². The quantitative estimate of drug-likeness (QED) is 0.182. The van der Waals surface area contributed by atoms with Gasteiger partial charge in [0.05, 0.1) is 34.9 Å². The van der Waals surface area contributed by atoms with E-state index in [-0.39, 0.29) is 37.6 Å². The molecule has 11 heteroatoms. The van der Waals surface area contributed by atoms with Crippen LogP contribution in [0.1, 0.15) is 31.9 Å². The van der Waals surface area contributed by atoms with Crippen LogP contribution in [-0.2, 0) is 12.8 Å². The number of carbonyl (C=O) groups is 1. The Hall–Kier alpha value is -4.90. The van der Waals surface area contributed by atoms with Gasteiger partial charge < -0.3 is 25.3 Å². The summed E-state index contributed by atoms with van der Waals surface area (Å²) in [4.78, 5) is 23.8. The molecule has 3 aromatic carbocycles. The van der Waals surface area contributed by atoms with E-state index >= 15 is 0 Å². The van der Waals surface area contributed by atoms with Gasteiger partial charge in [0, 0.05) is 65.3 Å². The Morgan fingerprint density at radius 3 is 2.41 bits per heavy atom. The van der Waals surface area contributed by atoms with Gasteiger partial charge in [-0.1, -0.05) is 45.0 Å². The number of benzene rings is 3. The van der Waals surface area contributed by atoms with E-state index in [1.54, 1.807) is 17.2 Å². The number of para-hydroxylation sites is 1. The SMILES string of the molecule is CC(C)(C)C1CN(c2ccc(Nc3c(CO)cnc4ccc(-c5cnc6ccccc6c5)cc34)cc2C(F)(F)F)CCN1C(=O)O. The maximum atomic E-state index is 14.6. The summed E-state index contributed by atoms with van der Waals surface area (Å²) < 4.78 is 43.8. The lowest BCUT2D eigenvalue weighted by atomic mass is 9.84. The van der Waals surface area contributed by atoms with Crippen molar-refractivity contribution in [3.63, 3.8) is 0 Å². The molecule has 1 aliphatic heterocycles. The zero-order valence-corrected chi connectivity index (χ0v) is 25.6. The Kier molecular flexibility index (Phi) is 7.97. The Bertz CT molecular complexity index is 1940. The number of hydrogen-bond acceptors (Lipinski definition) is 6. The zero-order chi connectivity index (χ0) is 32.8. The van der Waals surface area contributed by atoms with Gasteiger partial charge in [-0.3, -0.25) is 9.97 Å². The minimum Gasteiger partial charge on any atom is -0.465 e. The molecule has 3 N–H and O–H groups in total. The van der Waals surface area contributed by atoms with Crippen LogP contribution >= 0.6 is 0 Å². The number of fused-ring (bicyclic) bond motifs is 2. The van der Waals surface area contributed by atoms with E-state index in [1.165, 1.54) is 17.2 Å². The molecule has 1 amide bonds. The second-order valence-electron chi connectivity index (χ2n) is 12.6. The van der Waals surface area contributed by atoms with Crippen molar-refractivity contribution in [2.24, 2.45) is 5.41 Å². The average molecular weight is 630 g/mol. The fraction of sp³-hybridized carbons (Fsp3) is 0.286. The van der Waals surface area contributed by atoms with Gasteiger partial charge in [0.2, 0.25) is 0 Å². The van der Waals surface area contributed by atoms with Crippen LogP contribution in [0.25, 0.3) is 32.9 Å². The number of nitrogens with one attached hydrogen (secondary N) is 1. The molecular formula is C35H34F3N5O3. The van der Waals surface area contributed by atoms with Crippen LogP contribution in [-0.4, -0.2) is 56.9 Å². The van der Waals surface area contributed by atoms with Gasteiger partial charge >= 0.3 is 12.3 Å². The Balaban J connectivity index is 1.39. The predicted octanol–water partition coefficient (Wildman–Crippen LogP) is 7.92. The first kappa shape index (κ1) is 31.1. The fourth-order valence-electron chi connectivity index (χ4n) is 6.14. The van der Waals surface area contributed by atoms with Crippen molar-refractivity contribution in [1.29, 1.82) is 0 Å². The molecule has 0 radical (unpaired) electrons. The maximum absolute atomic E-state index is 14.6. The minimum absolute atomic E-state index is 0.00889. The number of aliphatic hydroxyl groups is 1. The third kappa shape index (κ3) is 6.02. The largest absolute Gasteiger partial charge is 0.465 e. The number of aromatic nitrogens is 2. The van der Waals surface area contributed by atoms with Crippen LogP contribution in [0, 0.1) is 5.41 Å². The number of nitrogens with zero attached hydrogens (tertiary/aromatic N) is 4. The molecule has 1 aliphatic rings. The normalized spacial score (nSPS) is 15.8. The molecule has 46 heavy (non-hydrogen) atoms. The Labute approximate surface area is 264 Å². The maximum Gasteiger partial charge on any atom is 0.418 e. The van der Waals surface area contributed by atoms with E-state index in [9.17, 15) is 28.2 Å². The van der Waals surface area contributed by atoms with Crippen molar-refractivity contribution in [2.45, 2.75) is 39.6 Å². The third-order valence-electron chi connectivity index (χ3n) is 8.58. The second kappa shape index (κ2) is 11.8.